The summed E-state index contributed by atoms with van der Waals surface area (Å²) in [6.45, 7) is 4.91. The molecule has 3 nitrogen and oxygen atoms in total. The van der Waals surface area contributed by atoms with Gasteiger partial charge in [0.05, 0.1) is 17.9 Å². The Labute approximate surface area is 90.5 Å². The minimum absolute atomic E-state index is 0.434. The summed E-state index contributed by atoms with van der Waals surface area (Å²) in [7, 11) is 0. The van der Waals surface area contributed by atoms with Crippen LogP contribution >= 0.6 is 0 Å². The molecule has 0 heterocycles. The summed E-state index contributed by atoms with van der Waals surface area (Å²) >= 11 is 0. The lowest BCUT2D eigenvalue weighted by Gasteiger charge is -2.10. The first-order valence-electron chi connectivity index (χ1n) is 5.06. The molecule has 0 saturated carbocycles. The van der Waals surface area contributed by atoms with Gasteiger partial charge in [0.25, 0.3) is 0 Å². The normalized spacial score (nSPS) is 10.0. The molecule has 0 saturated heterocycles. The van der Waals surface area contributed by atoms with Crippen LogP contribution in [0.5, 0.6) is 5.75 Å². The Balaban J connectivity index is 2.66. The molecule has 0 radical (unpaired) electrons. The van der Waals surface area contributed by atoms with Gasteiger partial charge < -0.3 is 10.5 Å². The fraction of sp³-hybridized carbons (Fsp3) is 0.417. The van der Waals surface area contributed by atoms with Crippen molar-refractivity contribution in [3.8, 4) is 11.8 Å². The lowest BCUT2D eigenvalue weighted by Crippen LogP contribution is -2.04. The zero-order valence-electron chi connectivity index (χ0n) is 9.16. The summed E-state index contributed by atoms with van der Waals surface area (Å²) in [5.74, 6) is 1.21. The Morgan fingerprint density at radius 1 is 1.47 bits per heavy atom. The van der Waals surface area contributed by atoms with Crippen LogP contribution < -0.4 is 10.5 Å². The molecule has 0 fully saturated rings. The second-order valence-corrected chi connectivity index (χ2v) is 3.86. The standard InChI is InChI=1S/C12H16N2O/c1-9(2)6-7-15-11-5-3-4-10(8-13)12(11)14/h3-5,9H,6-7,14H2,1-2H3. The van der Waals surface area contributed by atoms with Crippen molar-refractivity contribution >= 4 is 5.69 Å². The summed E-state index contributed by atoms with van der Waals surface area (Å²) in [5.41, 5.74) is 6.67. The molecule has 15 heavy (non-hydrogen) atoms. The Kier molecular flexibility index (Phi) is 3.99. The van der Waals surface area contributed by atoms with Crippen molar-refractivity contribution in [2.24, 2.45) is 5.92 Å². The first kappa shape index (κ1) is 11.4. The molecular weight excluding hydrogens is 188 g/mol. The minimum atomic E-state index is 0.434. The van der Waals surface area contributed by atoms with Crippen LogP contribution in [0.4, 0.5) is 5.69 Å². The highest BCUT2D eigenvalue weighted by molar-refractivity contribution is 5.62. The third-order valence-corrected chi connectivity index (χ3v) is 2.14. The van der Waals surface area contributed by atoms with Crippen LogP contribution in [0.15, 0.2) is 18.2 Å². The number of nitrogen functional groups attached to an aromatic ring is 1. The van der Waals surface area contributed by atoms with Gasteiger partial charge in [0, 0.05) is 0 Å². The van der Waals surface area contributed by atoms with E-state index < -0.39 is 0 Å². The third kappa shape index (κ3) is 3.17. The largest absolute Gasteiger partial charge is 0.491 e. The van der Waals surface area contributed by atoms with Gasteiger partial charge in [-0.2, -0.15) is 5.26 Å². The van der Waals surface area contributed by atoms with Crippen molar-refractivity contribution in [2.45, 2.75) is 20.3 Å². The van der Waals surface area contributed by atoms with Crippen molar-refractivity contribution in [1.82, 2.24) is 0 Å². The highest BCUT2D eigenvalue weighted by atomic mass is 16.5. The SMILES string of the molecule is CC(C)CCOc1cccc(C#N)c1N. The van der Waals surface area contributed by atoms with Gasteiger partial charge in [-0.25, -0.2) is 0 Å². The zero-order valence-corrected chi connectivity index (χ0v) is 9.16. The second kappa shape index (κ2) is 5.26. The van der Waals surface area contributed by atoms with Crippen LogP contribution in [-0.4, -0.2) is 6.61 Å². The summed E-state index contributed by atoms with van der Waals surface area (Å²) in [6, 6.07) is 7.28. The van der Waals surface area contributed by atoms with E-state index in [0.717, 1.165) is 6.42 Å². The number of nitriles is 1. The second-order valence-electron chi connectivity index (χ2n) is 3.86. The van der Waals surface area contributed by atoms with Crippen molar-refractivity contribution < 1.29 is 4.74 Å². The lowest BCUT2D eigenvalue weighted by molar-refractivity contribution is 0.291. The molecule has 1 aromatic carbocycles. The highest BCUT2D eigenvalue weighted by Crippen LogP contribution is 2.24. The predicted molar refractivity (Wildman–Crippen MR) is 60.5 cm³/mol. The van der Waals surface area contributed by atoms with Crippen molar-refractivity contribution in [2.75, 3.05) is 12.3 Å². The number of hydrogen-bond donors (Lipinski definition) is 1. The average molecular weight is 204 g/mol. The Morgan fingerprint density at radius 3 is 2.80 bits per heavy atom. The minimum Gasteiger partial charge on any atom is -0.491 e. The maximum Gasteiger partial charge on any atom is 0.143 e. The molecule has 0 aliphatic carbocycles. The fourth-order valence-electron chi connectivity index (χ4n) is 1.17. The van der Waals surface area contributed by atoms with E-state index in [1.807, 2.05) is 6.07 Å². The van der Waals surface area contributed by atoms with Gasteiger partial charge in [-0.15, -0.1) is 0 Å². The van der Waals surface area contributed by atoms with E-state index in [0.29, 0.717) is 29.5 Å². The summed E-state index contributed by atoms with van der Waals surface area (Å²) < 4.78 is 5.51. The maximum atomic E-state index is 8.77. The number of nitrogens with zero attached hydrogens (tertiary/aromatic N) is 1. The molecule has 1 rings (SSSR count). The molecule has 80 valence electrons. The lowest BCUT2D eigenvalue weighted by atomic mass is 10.1. The van der Waals surface area contributed by atoms with E-state index in [1.54, 1.807) is 18.2 Å². The van der Waals surface area contributed by atoms with Crippen LogP contribution in [0, 0.1) is 17.2 Å². The number of anilines is 1. The third-order valence-electron chi connectivity index (χ3n) is 2.14. The first-order chi connectivity index (χ1) is 7.15. The highest BCUT2D eigenvalue weighted by Gasteiger charge is 2.05. The van der Waals surface area contributed by atoms with Gasteiger partial charge >= 0.3 is 0 Å². The molecule has 0 aromatic heterocycles. The van der Waals surface area contributed by atoms with Crippen LogP contribution in [-0.2, 0) is 0 Å². The molecule has 2 N–H and O–H groups in total. The number of para-hydroxylation sites is 1. The first-order valence-corrected chi connectivity index (χ1v) is 5.06. The van der Waals surface area contributed by atoms with Crippen molar-refractivity contribution in [3.05, 3.63) is 23.8 Å². The van der Waals surface area contributed by atoms with Gasteiger partial charge in [0.2, 0.25) is 0 Å². The maximum absolute atomic E-state index is 8.77. The molecule has 0 aliphatic rings. The number of ether oxygens (including phenoxy) is 1. The number of nitrogens with two attached hydrogens (primary N) is 1. The smallest absolute Gasteiger partial charge is 0.143 e. The Hall–Kier alpha value is -1.69. The van der Waals surface area contributed by atoms with Crippen LogP contribution in [0.25, 0.3) is 0 Å². The number of benzene rings is 1. The molecule has 0 spiro atoms. The average Bonchev–Trinajstić information content (AvgIpc) is 2.20. The number of hydrogen-bond acceptors (Lipinski definition) is 3. The van der Waals surface area contributed by atoms with E-state index in [1.165, 1.54) is 0 Å². The zero-order chi connectivity index (χ0) is 11.3. The van der Waals surface area contributed by atoms with Gasteiger partial charge in [0.15, 0.2) is 0 Å². The molecule has 0 atom stereocenters. The monoisotopic (exact) mass is 204 g/mol. The van der Waals surface area contributed by atoms with Crippen LogP contribution in [0.3, 0.4) is 0 Å². The summed E-state index contributed by atoms with van der Waals surface area (Å²) in [4.78, 5) is 0. The summed E-state index contributed by atoms with van der Waals surface area (Å²) in [6.07, 6.45) is 0.982. The van der Waals surface area contributed by atoms with E-state index in [2.05, 4.69) is 13.8 Å². The van der Waals surface area contributed by atoms with Crippen LogP contribution in [0.2, 0.25) is 0 Å². The van der Waals surface area contributed by atoms with E-state index >= 15 is 0 Å². The van der Waals surface area contributed by atoms with Crippen molar-refractivity contribution in [1.29, 1.82) is 5.26 Å². The van der Waals surface area contributed by atoms with Gasteiger partial charge in [-0.3, -0.25) is 0 Å². The molecule has 0 amide bonds. The van der Waals surface area contributed by atoms with E-state index in [9.17, 15) is 0 Å². The molecule has 0 aliphatic heterocycles. The summed E-state index contributed by atoms with van der Waals surface area (Å²) in [5, 5.41) is 8.77. The topological polar surface area (TPSA) is 59.0 Å². The van der Waals surface area contributed by atoms with Gasteiger partial charge in [0.1, 0.15) is 11.8 Å². The molecule has 0 bridgehead atoms. The Morgan fingerprint density at radius 2 is 2.20 bits per heavy atom. The van der Waals surface area contributed by atoms with Gasteiger partial charge in [-0.05, 0) is 24.5 Å². The molecular formula is C12H16N2O. The fourth-order valence-corrected chi connectivity index (χ4v) is 1.17. The Bertz CT molecular complexity index is 366. The van der Waals surface area contributed by atoms with Crippen molar-refractivity contribution in [3.63, 3.8) is 0 Å². The molecule has 3 heteroatoms. The van der Waals surface area contributed by atoms with E-state index in [4.69, 9.17) is 15.7 Å². The van der Waals surface area contributed by atoms with E-state index in [-0.39, 0.29) is 0 Å². The van der Waals surface area contributed by atoms with Crippen LogP contribution in [0.1, 0.15) is 25.8 Å². The van der Waals surface area contributed by atoms with Gasteiger partial charge in [-0.1, -0.05) is 19.9 Å². The molecule has 0 unspecified atom stereocenters. The quantitative estimate of drug-likeness (QED) is 0.767. The predicted octanol–water partition coefficient (Wildman–Crippen LogP) is 2.57. The molecule has 1 aromatic rings. The number of rotatable bonds is 4.